The van der Waals surface area contributed by atoms with E-state index < -0.39 is 0 Å². The summed E-state index contributed by atoms with van der Waals surface area (Å²) in [5, 5.41) is 19.1. The third kappa shape index (κ3) is 5.01. The molecule has 0 saturated carbocycles. The molecule has 8 nitrogen and oxygen atoms in total. The topological polar surface area (TPSA) is 108 Å². The normalized spacial score (nSPS) is 11.8. The summed E-state index contributed by atoms with van der Waals surface area (Å²) in [6, 6.07) is 9.98. The predicted octanol–water partition coefficient (Wildman–Crippen LogP) is 2.35. The Morgan fingerprint density at radius 2 is 2.00 bits per heavy atom. The number of nitrogens with two attached hydrogens (primary N) is 1. The number of hydrogen-bond donors (Lipinski definition) is 2. The molecule has 25 heavy (non-hydrogen) atoms. The Morgan fingerprint density at radius 3 is 2.76 bits per heavy atom. The van der Waals surface area contributed by atoms with Crippen LogP contribution in [0, 0.1) is 0 Å². The summed E-state index contributed by atoms with van der Waals surface area (Å²) in [5.74, 6) is 1.24. The van der Waals surface area contributed by atoms with Crippen molar-refractivity contribution < 1.29 is 4.42 Å². The van der Waals surface area contributed by atoms with Crippen LogP contribution in [-0.4, -0.2) is 25.0 Å². The van der Waals surface area contributed by atoms with Crippen molar-refractivity contribution in [2.75, 3.05) is 5.32 Å². The zero-order valence-electron chi connectivity index (χ0n) is 14.0. The highest BCUT2D eigenvalue weighted by Gasteiger charge is 2.15. The lowest BCUT2D eigenvalue weighted by atomic mass is 10.1. The van der Waals surface area contributed by atoms with Crippen molar-refractivity contribution >= 4 is 18.4 Å². The van der Waals surface area contributed by atoms with Gasteiger partial charge in [-0.25, -0.2) is 0 Å². The molecule has 0 amide bonds. The summed E-state index contributed by atoms with van der Waals surface area (Å²) in [5.41, 5.74) is 7.27. The van der Waals surface area contributed by atoms with E-state index in [4.69, 9.17) is 10.2 Å². The van der Waals surface area contributed by atoms with Crippen LogP contribution in [0.1, 0.15) is 36.7 Å². The van der Waals surface area contributed by atoms with Crippen molar-refractivity contribution in [3.8, 4) is 0 Å². The first kappa shape index (κ1) is 18.9. The lowest BCUT2D eigenvalue weighted by Crippen LogP contribution is -2.13. The third-order valence-corrected chi connectivity index (χ3v) is 3.61. The molecule has 3 N–H and O–H groups in total. The number of aryl methyl sites for hydroxylation is 1. The van der Waals surface area contributed by atoms with Crippen molar-refractivity contribution in [3.63, 3.8) is 0 Å². The van der Waals surface area contributed by atoms with Crippen molar-refractivity contribution in [3.05, 3.63) is 53.9 Å². The zero-order valence-corrected chi connectivity index (χ0v) is 14.8. The van der Waals surface area contributed by atoms with Gasteiger partial charge in [-0.05, 0) is 18.4 Å². The fraction of sp³-hybridized carbons (Fsp3) is 0.375. The van der Waals surface area contributed by atoms with Crippen LogP contribution in [0.4, 0.5) is 6.01 Å². The van der Waals surface area contributed by atoms with Gasteiger partial charge in [0.15, 0.2) is 5.82 Å². The largest absolute Gasteiger partial charge is 0.406 e. The van der Waals surface area contributed by atoms with E-state index in [1.54, 1.807) is 6.33 Å². The second-order valence-corrected chi connectivity index (χ2v) is 5.54. The first-order valence-electron chi connectivity index (χ1n) is 7.99. The molecule has 0 radical (unpaired) electrons. The van der Waals surface area contributed by atoms with E-state index in [9.17, 15) is 0 Å². The molecule has 0 unspecified atom stereocenters. The van der Waals surface area contributed by atoms with E-state index in [0.717, 1.165) is 24.4 Å². The smallest absolute Gasteiger partial charge is 0.315 e. The Balaban J connectivity index is 0.00000225. The van der Waals surface area contributed by atoms with Gasteiger partial charge >= 0.3 is 6.01 Å². The van der Waals surface area contributed by atoms with E-state index >= 15 is 0 Å². The average Bonchev–Trinajstić information content (AvgIpc) is 3.23. The van der Waals surface area contributed by atoms with Gasteiger partial charge < -0.3 is 20.0 Å². The van der Waals surface area contributed by atoms with Gasteiger partial charge in [-0.3, -0.25) is 0 Å². The fourth-order valence-electron chi connectivity index (χ4n) is 2.41. The van der Waals surface area contributed by atoms with E-state index in [0.29, 0.717) is 24.9 Å². The molecule has 0 aliphatic rings. The quantitative estimate of drug-likeness (QED) is 0.632. The molecule has 2 aromatic heterocycles. The summed E-state index contributed by atoms with van der Waals surface area (Å²) in [6.07, 6.45) is 3.38. The van der Waals surface area contributed by atoms with Gasteiger partial charge in [-0.2, -0.15) is 0 Å². The molecular formula is C16H22ClN7O. The SMILES string of the molecule is CCCn1cnnc1CNc1nnc([C@H](N)Cc2ccccc2)o1.Cl. The monoisotopic (exact) mass is 363 g/mol. The molecule has 0 spiro atoms. The van der Waals surface area contributed by atoms with Crippen LogP contribution in [-0.2, 0) is 19.5 Å². The fourth-order valence-corrected chi connectivity index (χ4v) is 2.41. The van der Waals surface area contributed by atoms with Crippen LogP contribution in [0.3, 0.4) is 0 Å². The second kappa shape index (κ2) is 9.14. The van der Waals surface area contributed by atoms with E-state index in [1.807, 2.05) is 34.9 Å². The van der Waals surface area contributed by atoms with Gasteiger partial charge in [0.2, 0.25) is 5.89 Å². The third-order valence-electron chi connectivity index (χ3n) is 3.61. The highest BCUT2D eigenvalue weighted by molar-refractivity contribution is 5.85. The molecule has 0 bridgehead atoms. The van der Waals surface area contributed by atoms with Crippen LogP contribution in [0.5, 0.6) is 0 Å². The Labute approximate surface area is 152 Å². The second-order valence-electron chi connectivity index (χ2n) is 5.54. The maximum Gasteiger partial charge on any atom is 0.315 e. The molecule has 134 valence electrons. The predicted molar refractivity (Wildman–Crippen MR) is 96.3 cm³/mol. The number of aromatic nitrogens is 5. The molecule has 0 saturated heterocycles. The van der Waals surface area contributed by atoms with Gasteiger partial charge in [0, 0.05) is 6.54 Å². The Kier molecular flexibility index (Phi) is 6.91. The molecule has 0 aliphatic heterocycles. The molecule has 3 rings (SSSR count). The molecule has 1 aromatic carbocycles. The Bertz CT molecular complexity index is 759. The van der Waals surface area contributed by atoms with Gasteiger partial charge in [0.05, 0.1) is 12.6 Å². The minimum atomic E-state index is -0.334. The molecule has 0 fully saturated rings. The highest BCUT2D eigenvalue weighted by Crippen LogP contribution is 2.17. The number of nitrogens with one attached hydrogen (secondary N) is 1. The lowest BCUT2D eigenvalue weighted by molar-refractivity contribution is 0.456. The van der Waals surface area contributed by atoms with E-state index in [1.165, 1.54) is 0 Å². The lowest BCUT2D eigenvalue weighted by Gasteiger charge is -2.07. The maximum atomic E-state index is 6.14. The van der Waals surface area contributed by atoms with E-state index in [-0.39, 0.29) is 18.4 Å². The Hall–Kier alpha value is -2.45. The van der Waals surface area contributed by atoms with Crippen LogP contribution in [0.25, 0.3) is 0 Å². The highest BCUT2D eigenvalue weighted by atomic mass is 35.5. The molecule has 3 aromatic rings. The zero-order chi connectivity index (χ0) is 16.8. The summed E-state index contributed by atoms with van der Waals surface area (Å²) in [4.78, 5) is 0. The number of halogens is 1. The van der Waals surface area contributed by atoms with Crippen LogP contribution in [0.15, 0.2) is 41.1 Å². The van der Waals surface area contributed by atoms with Crippen molar-refractivity contribution in [2.45, 2.75) is 38.9 Å². The summed E-state index contributed by atoms with van der Waals surface area (Å²) >= 11 is 0. The molecular weight excluding hydrogens is 342 g/mol. The standard InChI is InChI=1S/C16H21N7O.ClH/c1-2-8-23-11-19-20-14(23)10-18-16-22-21-15(24-16)13(17)9-12-6-4-3-5-7-12;/h3-7,11,13H,2,8-10,17H2,1H3,(H,18,22);1H/t13-;/m1./s1. The summed E-state index contributed by atoms with van der Waals surface area (Å²) in [7, 11) is 0. The minimum absolute atomic E-state index is 0. The van der Waals surface area contributed by atoms with Gasteiger partial charge in [-0.1, -0.05) is 42.4 Å². The van der Waals surface area contributed by atoms with Crippen molar-refractivity contribution in [2.24, 2.45) is 5.73 Å². The molecule has 2 heterocycles. The first-order chi connectivity index (χ1) is 11.8. The van der Waals surface area contributed by atoms with Gasteiger partial charge in [0.1, 0.15) is 6.33 Å². The van der Waals surface area contributed by atoms with Gasteiger partial charge in [0.25, 0.3) is 0 Å². The van der Waals surface area contributed by atoms with Crippen molar-refractivity contribution in [1.82, 2.24) is 25.0 Å². The number of hydrogen-bond acceptors (Lipinski definition) is 7. The molecule has 9 heteroatoms. The van der Waals surface area contributed by atoms with E-state index in [2.05, 4.69) is 32.6 Å². The first-order valence-corrected chi connectivity index (χ1v) is 7.99. The summed E-state index contributed by atoms with van der Waals surface area (Å²) in [6.45, 7) is 3.45. The maximum absolute atomic E-state index is 6.14. The van der Waals surface area contributed by atoms with Crippen LogP contribution < -0.4 is 11.1 Å². The average molecular weight is 364 g/mol. The minimum Gasteiger partial charge on any atom is -0.406 e. The summed E-state index contributed by atoms with van der Waals surface area (Å²) < 4.78 is 7.59. The Morgan fingerprint density at radius 1 is 1.20 bits per heavy atom. The van der Waals surface area contributed by atoms with Crippen molar-refractivity contribution in [1.29, 1.82) is 0 Å². The number of rotatable bonds is 8. The van der Waals surface area contributed by atoms with Gasteiger partial charge in [-0.15, -0.1) is 27.7 Å². The molecule has 0 aliphatic carbocycles. The van der Waals surface area contributed by atoms with Crippen LogP contribution in [0.2, 0.25) is 0 Å². The number of anilines is 1. The molecule has 1 atom stereocenters. The number of benzene rings is 1. The van der Waals surface area contributed by atoms with Crippen LogP contribution >= 0.6 is 12.4 Å². The number of nitrogens with zero attached hydrogens (tertiary/aromatic N) is 5.